The molecule has 0 unspecified atom stereocenters. The predicted octanol–water partition coefficient (Wildman–Crippen LogP) is 3.24. The van der Waals surface area contributed by atoms with Crippen LogP contribution < -0.4 is 0 Å². The van der Waals surface area contributed by atoms with E-state index in [1.807, 2.05) is 12.1 Å². The summed E-state index contributed by atoms with van der Waals surface area (Å²) in [7, 11) is 0. The van der Waals surface area contributed by atoms with Crippen LogP contribution in [0.1, 0.15) is 43.6 Å². The quantitative estimate of drug-likeness (QED) is 0.694. The van der Waals surface area contributed by atoms with Gasteiger partial charge in [-0.2, -0.15) is 0 Å². The molecule has 1 aliphatic carbocycles. The molecule has 1 aromatic carbocycles. The minimum Gasteiger partial charge on any atom is -0.508 e. The van der Waals surface area contributed by atoms with Gasteiger partial charge in [-0.25, -0.2) is 0 Å². The van der Waals surface area contributed by atoms with Crippen LogP contribution in [0.25, 0.3) is 0 Å². The Labute approximate surface area is 79.4 Å². The average molecular weight is 175 g/mol. The van der Waals surface area contributed by atoms with Crippen molar-refractivity contribution in [2.24, 2.45) is 0 Å². The highest BCUT2D eigenvalue weighted by atomic mass is 16.3. The molecule has 0 atom stereocenters. The summed E-state index contributed by atoms with van der Waals surface area (Å²) in [6, 6.07) is 8.58. The van der Waals surface area contributed by atoms with Gasteiger partial charge in [-0.1, -0.05) is 25.3 Å². The Morgan fingerprint density at radius 3 is 2.69 bits per heavy atom. The summed E-state index contributed by atoms with van der Waals surface area (Å²) >= 11 is 0. The number of benzene rings is 1. The van der Waals surface area contributed by atoms with Gasteiger partial charge in [0, 0.05) is 0 Å². The van der Waals surface area contributed by atoms with E-state index in [2.05, 4.69) is 6.07 Å². The lowest BCUT2D eigenvalue weighted by Gasteiger charge is -2.21. The molecular weight excluding hydrogens is 160 g/mol. The number of phenols is 1. The standard InChI is InChI=1S/C12H15O/c13-12-8-4-7-11(9-12)10-5-2-1-3-6-10/h4,8-10,13H,1-3,5-6H2. The zero-order valence-corrected chi connectivity index (χ0v) is 7.79. The van der Waals surface area contributed by atoms with E-state index in [1.54, 1.807) is 6.07 Å². The molecule has 13 heavy (non-hydrogen) atoms. The van der Waals surface area contributed by atoms with Crippen molar-refractivity contribution in [3.05, 3.63) is 29.8 Å². The molecule has 1 N–H and O–H groups in total. The Hall–Kier alpha value is -0.980. The highest BCUT2D eigenvalue weighted by Crippen LogP contribution is 2.33. The lowest BCUT2D eigenvalue weighted by molar-refractivity contribution is 0.438. The summed E-state index contributed by atoms with van der Waals surface area (Å²) in [6.45, 7) is 0. The van der Waals surface area contributed by atoms with Gasteiger partial charge < -0.3 is 5.11 Å². The highest BCUT2D eigenvalue weighted by molar-refractivity contribution is 5.28. The van der Waals surface area contributed by atoms with Gasteiger partial charge >= 0.3 is 0 Å². The first-order valence-electron chi connectivity index (χ1n) is 5.07. The Balaban J connectivity index is 2.14. The lowest BCUT2D eigenvalue weighted by atomic mass is 9.84. The highest BCUT2D eigenvalue weighted by Gasteiger charge is 2.15. The van der Waals surface area contributed by atoms with Crippen LogP contribution in [0.3, 0.4) is 0 Å². The first kappa shape index (κ1) is 8.61. The van der Waals surface area contributed by atoms with Crippen molar-refractivity contribution in [1.29, 1.82) is 0 Å². The molecule has 0 spiro atoms. The zero-order chi connectivity index (χ0) is 9.10. The molecule has 0 bridgehead atoms. The first-order valence-corrected chi connectivity index (χ1v) is 5.07. The Bertz CT molecular complexity index is 274. The van der Waals surface area contributed by atoms with E-state index < -0.39 is 0 Å². The first-order chi connectivity index (χ1) is 6.36. The fourth-order valence-corrected chi connectivity index (χ4v) is 2.12. The van der Waals surface area contributed by atoms with Gasteiger partial charge in [0.1, 0.15) is 5.75 Å². The third-order valence-corrected chi connectivity index (χ3v) is 2.85. The van der Waals surface area contributed by atoms with Gasteiger partial charge in [0.2, 0.25) is 0 Å². The average Bonchev–Trinajstić information content (AvgIpc) is 2.19. The van der Waals surface area contributed by atoms with Crippen LogP contribution >= 0.6 is 0 Å². The molecule has 1 nitrogen and oxygen atoms in total. The normalized spacial score (nSPS) is 18.8. The second-order valence-electron chi connectivity index (χ2n) is 3.84. The lowest BCUT2D eigenvalue weighted by Crippen LogP contribution is -2.04. The summed E-state index contributed by atoms with van der Waals surface area (Å²) in [5.41, 5.74) is 1.19. The monoisotopic (exact) mass is 175 g/mol. The van der Waals surface area contributed by atoms with Crippen LogP contribution in [-0.2, 0) is 0 Å². The summed E-state index contributed by atoms with van der Waals surface area (Å²) in [5.74, 6) is 1.01. The largest absolute Gasteiger partial charge is 0.508 e. The van der Waals surface area contributed by atoms with Crippen LogP contribution in [0.15, 0.2) is 18.2 Å². The number of hydrogen-bond acceptors (Lipinski definition) is 1. The summed E-state index contributed by atoms with van der Waals surface area (Å²) in [4.78, 5) is 0. The Kier molecular flexibility index (Phi) is 2.53. The molecule has 1 aliphatic rings. The maximum absolute atomic E-state index is 9.32. The molecule has 2 rings (SSSR count). The van der Waals surface area contributed by atoms with E-state index in [1.165, 1.54) is 37.7 Å². The van der Waals surface area contributed by atoms with E-state index in [9.17, 15) is 5.11 Å². The molecule has 1 aromatic rings. The smallest absolute Gasteiger partial charge is 0.115 e. The molecule has 1 radical (unpaired) electrons. The zero-order valence-electron chi connectivity index (χ0n) is 7.79. The van der Waals surface area contributed by atoms with Crippen LogP contribution in [-0.4, -0.2) is 5.11 Å². The molecule has 1 heteroatoms. The second kappa shape index (κ2) is 3.82. The van der Waals surface area contributed by atoms with Crippen LogP contribution in [0.4, 0.5) is 0 Å². The van der Waals surface area contributed by atoms with Crippen LogP contribution in [0, 0.1) is 6.07 Å². The third-order valence-electron chi connectivity index (χ3n) is 2.85. The maximum Gasteiger partial charge on any atom is 0.115 e. The van der Waals surface area contributed by atoms with Crippen molar-refractivity contribution in [2.75, 3.05) is 0 Å². The molecule has 0 saturated heterocycles. The van der Waals surface area contributed by atoms with Gasteiger partial charge in [-0.15, -0.1) is 0 Å². The minimum atomic E-state index is 0.374. The van der Waals surface area contributed by atoms with Gasteiger partial charge in [-0.3, -0.25) is 0 Å². The Morgan fingerprint density at radius 2 is 2.00 bits per heavy atom. The number of hydrogen-bond donors (Lipinski definition) is 1. The molecule has 0 aromatic heterocycles. The van der Waals surface area contributed by atoms with Crippen molar-refractivity contribution in [3.63, 3.8) is 0 Å². The minimum absolute atomic E-state index is 0.374. The van der Waals surface area contributed by atoms with E-state index in [4.69, 9.17) is 0 Å². The van der Waals surface area contributed by atoms with Crippen LogP contribution in [0.2, 0.25) is 0 Å². The van der Waals surface area contributed by atoms with E-state index >= 15 is 0 Å². The molecule has 1 fully saturated rings. The SMILES string of the molecule is Oc1cc[c]c(C2CCCCC2)c1. The number of phenolic OH excluding ortho intramolecular Hbond substituents is 1. The van der Waals surface area contributed by atoms with Gasteiger partial charge in [0.15, 0.2) is 0 Å². The molecule has 1 saturated carbocycles. The third kappa shape index (κ3) is 2.03. The van der Waals surface area contributed by atoms with E-state index in [0.29, 0.717) is 11.7 Å². The number of rotatable bonds is 1. The summed E-state index contributed by atoms with van der Waals surface area (Å²) < 4.78 is 0. The van der Waals surface area contributed by atoms with Crippen molar-refractivity contribution < 1.29 is 5.11 Å². The fraction of sp³-hybridized carbons (Fsp3) is 0.500. The van der Waals surface area contributed by atoms with Crippen molar-refractivity contribution in [1.82, 2.24) is 0 Å². The predicted molar refractivity (Wildman–Crippen MR) is 52.8 cm³/mol. The maximum atomic E-state index is 9.32. The van der Waals surface area contributed by atoms with E-state index in [0.717, 1.165) is 0 Å². The molecular formula is C12H15O. The number of aromatic hydroxyl groups is 1. The summed E-state index contributed by atoms with van der Waals surface area (Å²) in [5, 5.41) is 9.32. The van der Waals surface area contributed by atoms with Crippen molar-refractivity contribution >= 4 is 0 Å². The molecule has 0 amide bonds. The second-order valence-corrected chi connectivity index (χ2v) is 3.84. The van der Waals surface area contributed by atoms with E-state index in [-0.39, 0.29) is 0 Å². The topological polar surface area (TPSA) is 20.2 Å². The van der Waals surface area contributed by atoms with Crippen molar-refractivity contribution in [2.45, 2.75) is 38.0 Å². The Morgan fingerprint density at radius 1 is 1.23 bits per heavy atom. The van der Waals surface area contributed by atoms with Gasteiger partial charge in [-0.05, 0) is 42.5 Å². The molecule has 0 aliphatic heterocycles. The molecule has 69 valence electrons. The van der Waals surface area contributed by atoms with Crippen molar-refractivity contribution in [3.8, 4) is 5.75 Å². The molecule has 0 heterocycles. The van der Waals surface area contributed by atoms with Crippen LogP contribution in [0.5, 0.6) is 5.75 Å². The van der Waals surface area contributed by atoms with Gasteiger partial charge in [0.05, 0.1) is 0 Å². The fourth-order valence-electron chi connectivity index (χ4n) is 2.12. The van der Waals surface area contributed by atoms with Gasteiger partial charge in [0.25, 0.3) is 0 Å². The summed E-state index contributed by atoms with van der Waals surface area (Å²) in [6.07, 6.45) is 6.55.